The number of rotatable bonds is 8. The van der Waals surface area contributed by atoms with Gasteiger partial charge in [0.1, 0.15) is 0 Å². The Hall–Kier alpha value is -12.3. The molecule has 16 aromatic carbocycles. The molecule has 6 nitrogen and oxygen atoms in total. The van der Waals surface area contributed by atoms with E-state index in [0.29, 0.717) is 5.82 Å². The molecule has 538 valence electrons. The van der Waals surface area contributed by atoms with Crippen LogP contribution >= 0.6 is 15.9 Å². The van der Waals surface area contributed by atoms with Crippen molar-refractivity contribution in [3.8, 4) is 101 Å². The maximum Gasteiger partial charge on any atom is 0.494 e. The smallest absolute Gasteiger partial charge is 0.399 e. The molecule has 3 heterocycles. The highest BCUT2D eigenvalue weighted by Gasteiger charge is 2.52. The zero-order chi connectivity index (χ0) is 76.2. The predicted molar refractivity (Wildman–Crippen MR) is 472 cm³/mol. The van der Waals surface area contributed by atoms with Crippen molar-refractivity contribution >= 4 is 93.1 Å². The van der Waals surface area contributed by atoms with Crippen LogP contribution in [0.2, 0.25) is 0 Å². The van der Waals surface area contributed by atoms with Crippen molar-refractivity contribution in [1.29, 1.82) is 0 Å². The SMILES string of the molecule is Brc1cccc(-c2nc(-c3ccccc3)cc(-c3ccccc3)n2)c1.CC1(C)c2ccccc2-c2cc3c4ccccc4c4cc(-c5cccc(-c6nc(-c7ccccc7)cc(-c7ccccc7)n6)c5)ccc4c3cc21.CC1(C)c2ccccc2-c2cc3c4ccccc4c4cc(B5OC(C)(C)C(C)(C)O5)ccc4c3cc21. The van der Waals surface area contributed by atoms with E-state index in [2.05, 4.69) is 332 Å². The molecule has 0 bridgehead atoms. The first-order chi connectivity index (χ1) is 54.4. The van der Waals surface area contributed by atoms with Crippen molar-refractivity contribution in [2.24, 2.45) is 0 Å². The number of fused-ring (bicyclic) bond motifs is 18. The maximum absolute atomic E-state index is 6.40. The fraction of sp³-hybridized carbons (Fsp3) is 0.115. The Morgan fingerprint density at radius 2 is 0.554 bits per heavy atom. The first-order valence-electron chi connectivity index (χ1n) is 38.7. The fourth-order valence-corrected chi connectivity index (χ4v) is 17.7. The Morgan fingerprint density at radius 1 is 0.232 bits per heavy atom. The summed E-state index contributed by atoms with van der Waals surface area (Å²) in [5, 5.41) is 15.4. The molecule has 0 saturated carbocycles. The van der Waals surface area contributed by atoms with E-state index in [1.165, 1.54) is 115 Å². The molecule has 0 radical (unpaired) electrons. The molecule has 0 spiro atoms. The first-order valence-corrected chi connectivity index (χ1v) is 39.5. The molecule has 8 heteroatoms. The zero-order valence-corrected chi connectivity index (χ0v) is 65.5. The quantitative estimate of drug-likeness (QED) is 0.112. The summed E-state index contributed by atoms with van der Waals surface area (Å²) < 4.78 is 13.8. The van der Waals surface area contributed by atoms with E-state index in [1.54, 1.807) is 0 Å². The van der Waals surface area contributed by atoms with Crippen LogP contribution in [0.3, 0.4) is 0 Å². The highest BCUT2D eigenvalue weighted by Crippen LogP contribution is 2.54. The van der Waals surface area contributed by atoms with Gasteiger partial charge in [0.05, 0.1) is 34.0 Å². The molecule has 112 heavy (non-hydrogen) atoms. The van der Waals surface area contributed by atoms with Crippen LogP contribution in [0.5, 0.6) is 0 Å². The molecular weight excluding hydrogens is 1430 g/mol. The third-order valence-corrected chi connectivity index (χ3v) is 24.4. The second-order valence-electron chi connectivity index (χ2n) is 32.0. The lowest BCUT2D eigenvalue weighted by molar-refractivity contribution is 0.00578. The Balaban J connectivity index is 0.000000121. The highest BCUT2D eigenvalue weighted by atomic mass is 79.9. The molecule has 1 saturated heterocycles. The van der Waals surface area contributed by atoms with Crippen molar-refractivity contribution in [3.05, 3.63) is 366 Å². The molecule has 18 aromatic rings. The van der Waals surface area contributed by atoms with E-state index in [4.69, 9.17) is 29.2 Å². The summed E-state index contributed by atoms with van der Waals surface area (Å²) in [5.74, 6) is 1.44. The topological polar surface area (TPSA) is 70.0 Å². The van der Waals surface area contributed by atoms with E-state index in [0.717, 1.165) is 77.5 Å². The van der Waals surface area contributed by atoms with Gasteiger partial charge >= 0.3 is 7.12 Å². The van der Waals surface area contributed by atoms with Crippen molar-refractivity contribution in [2.45, 2.75) is 77.4 Å². The van der Waals surface area contributed by atoms with Crippen LogP contribution in [0.4, 0.5) is 0 Å². The Kier molecular flexibility index (Phi) is 17.3. The van der Waals surface area contributed by atoms with Crippen LogP contribution in [0.1, 0.15) is 77.6 Å². The minimum Gasteiger partial charge on any atom is -0.399 e. The van der Waals surface area contributed by atoms with Crippen LogP contribution in [0.25, 0.3) is 166 Å². The number of nitrogens with zero attached hydrogens (tertiary/aromatic N) is 4. The molecule has 1 aliphatic heterocycles. The molecule has 1 fully saturated rings. The number of benzene rings is 16. The van der Waals surface area contributed by atoms with E-state index < -0.39 is 0 Å². The van der Waals surface area contributed by atoms with E-state index >= 15 is 0 Å². The van der Waals surface area contributed by atoms with Crippen molar-refractivity contribution in [1.82, 2.24) is 19.9 Å². The predicted octanol–water partition coefficient (Wildman–Crippen LogP) is 26.9. The number of halogens is 1. The zero-order valence-electron chi connectivity index (χ0n) is 63.9. The monoisotopic (exact) mass is 1510 g/mol. The van der Waals surface area contributed by atoms with Crippen LogP contribution < -0.4 is 5.46 Å². The molecule has 0 atom stereocenters. The summed E-state index contributed by atoms with van der Waals surface area (Å²) in [7, 11) is -0.373. The normalized spacial score (nSPS) is 14.5. The summed E-state index contributed by atoms with van der Waals surface area (Å²) in [4.78, 5) is 19.8. The van der Waals surface area contributed by atoms with Crippen LogP contribution in [-0.2, 0) is 20.1 Å². The van der Waals surface area contributed by atoms with E-state index in [-0.39, 0.29) is 29.2 Å². The van der Waals surface area contributed by atoms with Gasteiger partial charge in [-0.15, -0.1) is 0 Å². The van der Waals surface area contributed by atoms with Crippen LogP contribution in [-0.4, -0.2) is 38.3 Å². The molecule has 2 aromatic heterocycles. The van der Waals surface area contributed by atoms with Gasteiger partial charge in [0.2, 0.25) is 0 Å². The summed E-state index contributed by atoms with van der Waals surface area (Å²) in [5.41, 5.74) is 23.6. The largest absolute Gasteiger partial charge is 0.494 e. The fourth-order valence-electron chi connectivity index (χ4n) is 17.3. The maximum atomic E-state index is 6.40. The van der Waals surface area contributed by atoms with Crippen LogP contribution in [0, 0.1) is 0 Å². The first kappa shape index (κ1) is 70.1. The third kappa shape index (κ3) is 12.3. The molecule has 0 amide bonds. The number of hydrogen-bond donors (Lipinski definition) is 0. The van der Waals surface area contributed by atoms with E-state index in [9.17, 15) is 0 Å². The highest BCUT2D eigenvalue weighted by molar-refractivity contribution is 9.10. The summed E-state index contributed by atoms with van der Waals surface area (Å²) in [6, 6.07) is 121. The molecule has 0 N–H and O–H groups in total. The van der Waals surface area contributed by atoms with Crippen molar-refractivity contribution in [3.63, 3.8) is 0 Å². The minimum atomic E-state index is -0.373. The van der Waals surface area contributed by atoms with Crippen molar-refractivity contribution < 1.29 is 9.31 Å². The summed E-state index contributed by atoms with van der Waals surface area (Å²) in [6.07, 6.45) is 0. The Bertz CT molecular complexity index is 6650. The lowest BCUT2D eigenvalue weighted by atomic mass is 9.77. The van der Waals surface area contributed by atoms with Crippen LogP contribution in [0.15, 0.2) is 344 Å². The lowest BCUT2D eigenvalue weighted by Gasteiger charge is -2.32. The lowest BCUT2D eigenvalue weighted by Crippen LogP contribution is -2.41. The third-order valence-electron chi connectivity index (χ3n) is 23.9. The van der Waals surface area contributed by atoms with Gasteiger partial charge in [-0.2, -0.15) is 0 Å². The van der Waals surface area contributed by atoms with Gasteiger partial charge in [-0.3, -0.25) is 0 Å². The molecular formula is C104H80BBrN4O2. The summed E-state index contributed by atoms with van der Waals surface area (Å²) in [6.45, 7) is 17.9. The van der Waals surface area contributed by atoms with Gasteiger partial charge in [0.25, 0.3) is 0 Å². The average Bonchev–Trinajstić information content (AvgIpc) is 1.49. The average molecular weight is 1510 g/mol. The number of aromatic nitrogens is 4. The standard InChI is InChI=1S/C49H34N2.C33H31BO2.C22H15BrN2/c1-49(2)44-23-12-11-22-39(44)43-28-41-37-21-10-9-20-36(37)40-27-34(24-25-38(40)42(41)29-45(43)49)33-18-13-19-35(26-33)48-50-46(31-14-5-3-6-15-31)30-47(51-48)32-16-7-4-8-17-32;1-31(2)29-14-10-9-13-24(29)28-18-26-22-12-8-7-11-21(22)25-17-20(15-16-23(25)27(26)19-30(28)31)34-35-32(3,4)33(5,6)36-34;23-19-13-7-12-18(14-19)22-24-20(16-8-3-1-4-9-16)15-21(25-22)17-10-5-2-6-11-17/h3-30H,1-2H3;7-19H,1-6H3;1-15H. The molecule has 0 unspecified atom stereocenters. The second kappa shape index (κ2) is 27.6. The second-order valence-corrected chi connectivity index (χ2v) is 32.9. The van der Waals surface area contributed by atoms with Gasteiger partial charge in [0, 0.05) is 48.7 Å². The minimum absolute atomic E-state index is 0.0271. The molecule has 3 aliphatic rings. The van der Waals surface area contributed by atoms with Gasteiger partial charge in [0.15, 0.2) is 11.6 Å². The van der Waals surface area contributed by atoms with Gasteiger partial charge in [-0.25, -0.2) is 19.9 Å². The van der Waals surface area contributed by atoms with Crippen molar-refractivity contribution in [2.75, 3.05) is 0 Å². The number of hydrogen-bond acceptors (Lipinski definition) is 6. The Labute approximate surface area is 662 Å². The molecule has 2 aliphatic carbocycles. The molecule has 21 rings (SSSR count). The van der Waals surface area contributed by atoms with Gasteiger partial charge in [-0.1, -0.05) is 323 Å². The van der Waals surface area contributed by atoms with Gasteiger partial charge < -0.3 is 9.31 Å². The van der Waals surface area contributed by atoms with Gasteiger partial charge in [-0.05, 0) is 214 Å². The Morgan fingerprint density at radius 3 is 0.982 bits per heavy atom. The summed E-state index contributed by atoms with van der Waals surface area (Å²) >= 11 is 3.53. The van der Waals surface area contributed by atoms with E-state index in [1.807, 2.05) is 78.9 Å².